The van der Waals surface area contributed by atoms with Gasteiger partial charge in [0.2, 0.25) is 0 Å². The Balaban J connectivity index is 1.86. The number of carbonyl (C=O) groups excluding carboxylic acids is 1. The van der Waals surface area contributed by atoms with Gasteiger partial charge in [-0.3, -0.25) is 9.48 Å². The van der Waals surface area contributed by atoms with Crippen molar-refractivity contribution >= 4 is 22.5 Å². The summed E-state index contributed by atoms with van der Waals surface area (Å²) in [6.45, 7) is 8.07. The fourth-order valence-electron chi connectivity index (χ4n) is 3.49. The van der Waals surface area contributed by atoms with Crippen LogP contribution in [0.3, 0.4) is 0 Å². The SMILES string of the molecule is Cc1ccc2nc(-c3ccc(C)c(C)c3)cc(C(=O)Nc3cn(C)nc3C)c2c1. The van der Waals surface area contributed by atoms with Gasteiger partial charge in [-0.05, 0) is 63.1 Å². The Morgan fingerprint density at radius 3 is 2.45 bits per heavy atom. The maximum absolute atomic E-state index is 13.2. The molecule has 0 atom stereocenters. The maximum Gasteiger partial charge on any atom is 0.256 e. The molecule has 0 fully saturated rings. The average molecular weight is 384 g/mol. The summed E-state index contributed by atoms with van der Waals surface area (Å²) in [6.07, 6.45) is 1.81. The highest BCUT2D eigenvalue weighted by atomic mass is 16.1. The van der Waals surface area contributed by atoms with Crippen LogP contribution < -0.4 is 5.32 Å². The number of benzene rings is 2. The summed E-state index contributed by atoms with van der Waals surface area (Å²) < 4.78 is 1.69. The van der Waals surface area contributed by atoms with Crippen molar-refractivity contribution in [1.82, 2.24) is 14.8 Å². The molecular weight excluding hydrogens is 360 g/mol. The van der Waals surface area contributed by atoms with Crippen molar-refractivity contribution in [3.63, 3.8) is 0 Å². The molecule has 4 aromatic rings. The molecule has 5 heteroatoms. The summed E-state index contributed by atoms with van der Waals surface area (Å²) in [6, 6.07) is 14.1. The van der Waals surface area contributed by atoms with Gasteiger partial charge in [-0.2, -0.15) is 5.10 Å². The molecule has 0 radical (unpaired) electrons. The van der Waals surface area contributed by atoms with E-state index < -0.39 is 0 Å². The fourth-order valence-corrected chi connectivity index (χ4v) is 3.49. The highest BCUT2D eigenvalue weighted by Crippen LogP contribution is 2.28. The Morgan fingerprint density at radius 1 is 0.966 bits per heavy atom. The number of hydrogen-bond donors (Lipinski definition) is 1. The molecular formula is C24H24N4O. The molecule has 1 N–H and O–H groups in total. The first-order valence-corrected chi connectivity index (χ1v) is 9.62. The van der Waals surface area contributed by atoms with Crippen LogP contribution in [0.15, 0.2) is 48.7 Å². The van der Waals surface area contributed by atoms with Crippen LogP contribution in [-0.4, -0.2) is 20.7 Å². The molecule has 0 saturated heterocycles. The quantitative estimate of drug-likeness (QED) is 0.533. The van der Waals surface area contributed by atoms with Crippen LogP contribution in [0, 0.1) is 27.7 Å². The van der Waals surface area contributed by atoms with Crippen LogP contribution in [0.1, 0.15) is 32.7 Å². The van der Waals surface area contributed by atoms with E-state index in [1.807, 2.05) is 51.4 Å². The predicted molar refractivity (Wildman–Crippen MR) is 117 cm³/mol. The van der Waals surface area contributed by atoms with Crippen molar-refractivity contribution in [1.29, 1.82) is 0 Å². The molecule has 1 amide bonds. The van der Waals surface area contributed by atoms with Gasteiger partial charge in [-0.25, -0.2) is 4.98 Å². The van der Waals surface area contributed by atoms with Crippen LogP contribution >= 0.6 is 0 Å². The van der Waals surface area contributed by atoms with Crippen molar-refractivity contribution in [3.05, 3.63) is 76.6 Å². The van der Waals surface area contributed by atoms with Gasteiger partial charge in [-0.15, -0.1) is 0 Å². The molecule has 0 bridgehead atoms. The first-order valence-electron chi connectivity index (χ1n) is 9.62. The molecule has 2 heterocycles. The highest BCUT2D eigenvalue weighted by Gasteiger charge is 2.16. The van der Waals surface area contributed by atoms with Crippen molar-refractivity contribution in [2.45, 2.75) is 27.7 Å². The molecule has 0 spiro atoms. The molecule has 29 heavy (non-hydrogen) atoms. The normalized spacial score (nSPS) is 11.1. The number of aromatic nitrogens is 3. The van der Waals surface area contributed by atoms with E-state index in [9.17, 15) is 4.79 Å². The zero-order chi connectivity index (χ0) is 20.7. The lowest BCUT2D eigenvalue weighted by atomic mass is 9.99. The van der Waals surface area contributed by atoms with E-state index in [-0.39, 0.29) is 5.91 Å². The van der Waals surface area contributed by atoms with E-state index in [2.05, 4.69) is 42.5 Å². The second kappa shape index (κ2) is 7.17. The molecule has 0 unspecified atom stereocenters. The minimum Gasteiger partial charge on any atom is -0.319 e. The number of aryl methyl sites for hydroxylation is 5. The van der Waals surface area contributed by atoms with Crippen LogP contribution in [0.25, 0.3) is 22.2 Å². The Morgan fingerprint density at radius 2 is 1.76 bits per heavy atom. The summed E-state index contributed by atoms with van der Waals surface area (Å²) in [5.74, 6) is -0.163. The Labute approximate surface area is 170 Å². The molecule has 2 aromatic heterocycles. The molecule has 4 rings (SSSR count). The summed E-state index contributed by atoms with van der Waals surface area (Å²) in [5, 5.41) is 8.16. The van der Waals surface area contributed by atoms with Gasteiger partial charge in [0, 0.05) is 24.2 Å². The number of hydrogen-bond acceptors (Lipinski definition) is 3. The standard InChI is InChI=1S/C24H24N4O/c1-14-6-9-21-19(10-14)20(24(29)26-23-13-28(5)27-17(23)4)12-22(25-21)18-8-7-15(2)16(3)11-18/h6-13H,1-5H3,(H,26,29). The summed E-state index contributed by atoms with van der Waals surface area (Å²) >= 11 is 0. The second-order valence-corrected chi connectivity index (χ2v) is 7.63. The zero-order valence-corrected chi connectivity index (χ0v) is 17.4. The number of rotatable bonds is 3. The molecule has 0 aliphatic heterocycles. The van der Waals surface area contributed by atoms with E-state index >= 15 is 0 Å². The lowest BCUT2D eigenvalue weighted by molar-refractivity contribution is 0.102. The van der Waals surface area contributed by atoms with Crippen LogP contribution in [0.5, 0.6) is 0 Å². The van der Waals surface area contributed by atoms with Gasteiger partial charge in [0.1, 0.15) is 0 Å². The van der Waals surface area contributed by atoms with Gasteiger partial charge >= 0.3 is 0 Å². The topological polar surface area (TPSA) is 59.8 Å². The van der Waals surface area contributed by atoms with E-state index in [4.69, 9.17) is 4.98 Å². The van der Waals surface area contributed by atoms with Crippen LogP contribution in [0.4, 0.5) is 5.69 Å². The third-order valence-electron chi connectivity index (χ3n) is 5.27. The molecule has 0 saturated carbocycles. The van der Waals surface area contributed by atoms with E-state index in [0.29, 0.717) is 11.3 Å². The number of carbonyl (C=O) groups is 1. The van der Waals surface area contributed by atoms with Gasteiger partial charge < -0.3 is 5.32 Å². The first-order chi connectivity index (χ1) is 13.8. The van der Waals surface area contributed by atoms with Gasteiger partial charge in [-0.1, -0.05) is 23.8 Å². The van der Waals surface area contributed by atoms with Crippen molar-refractivity contribution < 1.29 is 4.79 Å². The lowest BCUT2D eigenvalue weighted by Gasteiger charge is -2.12. The summed E-state index contributed by atoms with van der Waals surface area (Å²) in [4.78, 5) is 18.1. The monoisotopic (exact) mass is 384 g/mol. The number of nitrogens with one attached hydrogen (secondary N) is 1. The lowest BCUT2D eigenvalue weighted by Crippen LogP contribution is -2.13. The average Bonchev–Trinajstić information content (AvgIpc) is 2.99. The van der Waals surface area contributed by atoms with E-state index in [0.717, 1.165) is 33.4 Å². The first kappa shape index (κ1) is 18.9. The molecule has 0 aliphatic carbocycles. The van der Waals surface area contributed by atoms with Gasteiger partial charge in [0.05, 0.1) is 28.2 Å². The molecule has 0 aliphatic rings. The second-order valence-electron chi connectivity index (χ2n) is 7.63. The largest absolute Gasteiger partial charge is 0.319 e. The summed E-state index contributed by atoms with van der Waals surface area (Å²) in [7, 11) is 1.84. The molecule has 2 aromatic carbocycles. The Hall–Kier alpha value is -3.47. The van der Waals surface area contributed by atoms with E-state index in [1.54, 1.807) is 4.68 Å². The summed E-state index contributed by atoms with van der Waals surface area (Å²) in [5.41, 5.74) is 8.21. The number of pyridine rings is 1. The molecule has 5 nitrogen and oxygen atoms in total. The Kier molecular flexibility index (Phi) is 4.66. The Bertz CT molecular complexity index is 1250. The van der Waals surface area contributed by atoms with Crippen molar-refractivity contribution in [3.8, 4) is 11.3 Å². The fraction of sp³-hybridized carbons (Fsp3) is 0.208. The number of anilines is 1. The zero-order valence-electron chi connectivity index (χ0n) is 17.4. The minimum atomic E-state index is -0.163. The minimum absolute atomic E-state index is 0.163. The highest BCUT2D eigenvalue weighted by molar-refractivity contribution is 6.13. The third-order valence-corrected chi connectivity index (χ3v) is 5.27. The van der Waals surface area contributed by atoms with Crippen molar-refractivity contribution in [2.24, 2.45) is 7.05 Å². The van der Waals surface area contributed by atoms with E-state index in [1.165, 1.54) is 11.1 Å². The number of fused-ring (bicyclic) bond motifs is 1. The molecule has 146 valence electrons. The van der Waals surface area contributed by atoms with Gasteiger partial charge in [0.25, 0.3) is 5.91 Å². The third kappa shape index (κ3) is 3.63. The predicted octanol–water partition coefficient (Wildman–Crippen LogP) is 5.12. The van der Waals surface area contributed by atoms with Gasteiger partial charge in [0.15, 0.2) is 0 Å². The maximum atomic E-state index is 13.2. The number of nitrogens with zero attached hydrogens (tertiary/aromatic N) is 3. The van der Waals surface area contributed by atoms with Crippen LogP contribution in [0.2, 0.25) is 0 Å². The number of amides is 1. The smallest absolute Gasteiger partial charge is 0.256 e. The van der Waals surface area contributed by atoms with Crippen LogP contribution in [-0.2, 0) is 7.05 Å². The van der Waals surface area contributed by atoms with Crippen molar-refractivity contribution in [2.75, 3.05) is 5.32 Å².